The van der Waals surface area contributed by atoms with Gasteiger partial charge >= 0.3 is 6.03 Å². The molecule has 1 saturated heterocycles. The van der Waals surface area contributed by atoms with E-state index in [1.807, 2.05) is 0 Å². The Bertz CT molecular complexity index is 1050. The lowest BCUT2D eigenvalue weighted by atomic mass is 9.96. The fraction of sp³-hybridized carbons (Fsp3) is 0.381. The summed E-state index contributed by atoms with van der Waals surface area (Å²) in [5.74, 6) is -0.401. The summed E-state index contributed by atoms with van der Waals surface area (Å²) in [6.45, 7) is 0.393. The first kappa shape index (κ1) is 22.5. The van der Waals surface area contributed by atoms with E-state index in [2.05, 4.69) is 4.72 Å². The largest absolute Gasteiger partial charge is 0.331 e. The zero-order valence-corrected chi connectivity index (χ0v) is 18.7. The second kappa shape index (κ2) is 8.91. The zero-order valence-electron chi connectivity index (χ0n) is 17.1. The maximum absolute atomic E-state index is 15.4. The molecule has 30 heavy (non-hydrogen) atoms. The Morgan fingerprint density at radius 2 is 1.97 bits per heavy atom. The van der Waals surface area contributed by atoms with Gasteiger partial charge in [0.25, 0.3) is 0 Å². The van der Waals surface area contributed by atoms with Crippen molar-refractivity contribution in [3.05, 3.63) is 58.9 Å². The predicted molar refractivity (Wildman–Crippen MR) is 117 cm³/mol. The molecule has 0 aromatic heterocycles. The molecule has 1 N–H and O–H groups in total. The molecule has 1 fully saturated rings. The Kier molecular flexibility index (Phi) is 6.69. The van der Waals surface area contributed by atoms with Crippen LogP contribution in [-0.4, -0.2) is 63.2 Å². The molecule has 0 spiro atoms. The number of likely N-dealkylation sites (tertiary alicyclic amines) is 1. The molecule has 0 saturated carbocycles. The van der Waals surface area contributed by atoms with Crippen LogP contribution in [0.3, 0.4) is 0 Å². The van der Waals surface area contributed by atoms with Gasteiger partial charge in [-0.3, -0.25) is 0 Å². The molecule has 1 aliphatic heterocycles. The van der Waals surface area contributed by atoms with Crippen molar-refractivity contribution in [1.82, 2.24) is 14.5 Å². The first-order valence-electron chi connectivity index (χ1n) is 9.55. The summed E-state index contributed by atoms with van der Waals surface area (Å²) >= 11 is 6.05. The van der Waals surface area contributed by atoms with Crippen molar-refractivity contribution >= 4 is 27.7 Å². The molecule has 6 nitrogen and oxygen atoms in total. The number of carbonyl (C=O) groups is 1. The molecule has 2 aromatic carbocycles. The van der Waals surface area contributed by atoms with Crippen molar-refractivity contribution < 1.29 is 17.6 Å². The van der Waals surface area contributed by atoms with E-state index in [9.17, 15) is 13.2 Å². The van der Waals surface area contributed by atoms with Crippen LogP contribution in [0.2, 0.25) is 5.02 Å². The maximum atomic E-state index is 15.4. The Morgan fingerprint density at radius 3 is 2.60 bits per heavy atom. The number of halogens is 2. The van der Waals surface area contributed by atoms with E-state index < -0.39 is 27.9 Å². The molecule has 162 valence electrons. The molecule has 1 heterocycles. The lowest BCUT2D eigenvalue weighted by Crippen LogP contribution is -2.50. The van der Waals surface area contributed by atoms with Crippen LogP contribution in [0.25, 0.3) is 11.1 Å². The molecule has 9 heteroatoms. The van der Waals surface area contributed by atoms with Crippen LogP contribution in [0.5, 0.6) is 0 Å². The number of hydrogen-bond donors (Lipinski definition) is 1. The van der Waals surface area contributed by atoms with E-state index in [0.29, 0.717) is 34.7 Å². The highest BCUT2D eigenvalue weighted by atomic mass is 35.5. The van der Waals surface area contributed by atoms with Crippen molar-refractivity contribution in [2.45, 2.75) is 24.9 Å². The Morgan fingerprint density at radius 1 is 1.27 bits per heavy atom. The Hall–Kier alpha value is -2.16. The van der Waals surface area contributed by atoms with Gasteiger partial charge in [-0.05, 0) is 36.1 Å². The summed E-state index contributed by atoms with van der Waals surface area (Å²) in [7, 11) is -0.206. The van der Waals surface area contributed by atoms with E-state index in [0.717, 1.165) is 6.26 Å². The molecule has 0 aliphatic carbocycles. The third-order valence-corrected chi connectivity index (χ3v) is 6.15. The fourth-order valence-corrected chi connectivity index (χ4v) is 4.87. The molecule has 2 aromatic rings. The summed E-state index contributed by atoms with van der Waals surface area (Å²) in [6, 6.07) is 10.8. The highest BCUT2D eigenvalue weighted by Crippen LogP contribution is 2.30. The minimum atomic E-state index is -3.48. The van der Waals surface area contributed by atoms with Crippen molar-refractivity contribution in [2.24, 2.45) is 0 Å². The smallest absolute Gasteiger partial charge is 0.319 e. The van der Waals surface area contributed by atoms with Gasteiger partial charge in [-0.15, -0.1) is 0 Å². The van der Waals surface area contributed by atoms with Gasteiger partial charge in [0.1, 0.15) is 5.82 Å². The summed E-state index contributed by atoms with van der Waals surface area (Å²) < 4.78 is 41.6. The molecule has 0 unspecified atom stereocenters. The van der Waals surface area contributed by atoms with E-state index in [1.54, 1.807) is 61.5 Å². The maximum Gasteiger partial charge on any atom is 0.319 e. The fourth-order valence-electron chi connectivity index (χ4n) is 3.85. The zero-order chi connectivity index (χ0) is 22.1. The van der Waals surface area contributed by atoms with Gasteiger partial charge in [-0.25, -0.2) is 22.3 Å². The van der Waals surface area contributed by atoms with Gasteiger partial charge in [0.15, 0.2) is 0 Å². The summed E-state index contributed by atoms with van der Waals surface area (Å²) in [4.78, 5) is 15.7. The first-order valence-corrected chi connectivity index (χ1v) is 11.8. The third-order valence-electron chi connectivity index (χ3n) is 5.18. The molecule has 0 bridgehead atoms. The number of nitrogens with zero attached hydrogens (tertiary/aromatic N) is 2. The van der Waals surface area contributed by atoms with Crippen LogP contribution in [0.15, 0.2) is 42.5 Å². The van der Waals surface area contributed by atoms with Crippen LogP contribution >= 0.6 is 11.6 Å². The molecular weight excluding hydrogens is 429 g/mol. The van der Waals surface area contributed by atoms with Gasteiger partial charge in [0.2, 0.25) is 10.0 Å². The van der Waals surface area contributed by atoms with Crippen LogP contribution in [0.1, 0.15) is 12.0 Å². The van der Waals surface area contributed by atoms with Crippen LogP contribution < -0.4 is 4.72 Å². The summed E-state index contributed by atoms with van der Waals surface area (Å²) in [6.07, 6.45) is 1.74. The number of urea groups is 1. The van der Waals surface area contributed by atoms with Crippen LogP contribution in [0.4, 0.5) is 9.18 Å². The van der Waals surface area contributed by atoms with E-state index >= 15 is 4.39 Å². The third kappa shape index (κ3) is 5.11. The Balaban J connectivity index is 1.96. The summed E-state index contributed by atoms with van der Waals surface area (Å²) in [5.41, 5.74) is 1.47. The van der Waals surface area contributed by atoms with E-state index in [4.69, 9.17) is 11.6 Å². The average molecular weight is 454 g/mol. The van der Waals surface area contributed by atoms with E-state index in [-0.39, 0.29) is 12.5 Å². The average Bonchev–Trinajstić information content (AvgIpc) is 3.03. The van der Waals surface area contributed by atoms with Crippen molar-refractivity contribution in [3.8, 4) is 11.1 Å². The minimum Gasteiger partial charge on any atom is -0.331 e. The van der Waals surface area contributed by atoms with Gasteiger partial charge < -0.3 is 9.80 Å². The van der Waals surface area contributed by atoms with Crippen molar-refractivity contribution in [1.29, 1.82) is 0 Å². The number of sulfonamides is 1. The number of carbonyl (C=O) groups excluding carboxylic acids is 1. The first-order chi connectivity index (χ1) is 14.1. The molecule has 2 atom stereocenters. The van der Waals surface area contributed by atoms with Crippen LogP contribution in [0, 0.1) is 5.82 Å². The molecule has 2 amide bonds. The number of amides is 2. The Labute approximate surface area is 181 Å². The van der Waals surface area contributed by atoms with Gasteiger partial charge in [-0.1, -0.05) is 41.9 Å². The summed E-state index contributed by atoms with van der Waals surface area (Å²) in [5, 5.41) is 0.508. The second-order valence-electron chi connectivity index (χ2n) is 7.72. The van der Waals surface area contributed by atoms with Gasteiger partial charge in [0, 0.05) is 37.3 Å². The number of nitrogens with one attached hydrogen (secondary N) is 1. The van der Waals surface area contributed by atoms with Crippen molar-refractivity contribution in [3.63, 3.8) is 0 Å². The minimum absolute atomic E-state index is 0.188. The topological polar surface area (TPSA) is 69.7 Å². The highest BCUT2D eigenvalue weighted by molar-refractivity contribution is 7.88. The van der Waals surface area contributed by atoms with Gasteiger partial charge in [0.05, 0.1) is 12.3 Å². The lowest BCUT2D eigenvalue weighted by molar-refractivity contribution is 0.162. The molecule has 0 radical (unpaired) electrons. The molecular formula is C21H25ClFN3O3S. The molecule has 3 rings (SSSR count). The standard InChI is InChI=1S/C21H25ClFN3O3S/c1-25(2)21(27)26-11-10-18(24-30(3,28)29)19(26)13-15-7-5-9-17(20(15)23)14-6-4-8-16(22)12-14/h4-9,12,18-19,24H,10-11,13H2,1-3H3/t18-,19-/m0/s1. The SMILES string of the molecule is CN(C)C(=O)N1CC[C@H](NS(C)(=O)=O)[C@@H]1Cc1cccc(-c2cccc(Cl)c2)c1F. The predicted octanol–water partition coefficient (Wildman–Crippen LogP) is 3.36. The quantitative estimate of drug-likeness (QED) is 0.754. The number of rotatable bonds is 5. The number of hydrogen-bond acceptors (Lipinski definition) is 3. The van der Waals surface area contributed by atoms with Crippen LogP contribution in [-0.2, 0) is 16.4 Å². The highest BCUT2D eigenvalue weighted by Gasteiger charge is 2.39. The van der Waals surface area contributed by atoms with E-state index in [1.165, 1.54) is 4.90 Å². The lowest BCUT2D eigenvalue weighted by Gasteiger charge is -2.31. The van der Waals surface area contributed by atoms with Crippen molar-refractivity contribution in [2.75, 3.05) is 26.9 Å². The number of benzene rings is 2. The molecule has 1 aliphatic rings. The monoisotopic (exact) mass is 453 g/mol. The second-order valence-corrected chi connectivity index (χ2v) is 9.93. The van der Waals surface area contributed by atoms with Gasteiger partial charge in [-0.2, -0.15) is 0 Å². The normalized spacial score (nSPS) is 19.2.